The minimum Gasteiger partial charge on any atom is -0.508 e. The number of hydrogen-bond donors (Lipinski definition) is 3. The van der Waals surface area contributed by atoms with Crippen LogP contribution in [0.3, 0.4) is 0 Å². The molecule has 1 saturated heterocycles. The van der Waals surface area contributed by atoms with Crippen LogP contribution in [0.15, 0.2) is 54.6 Å². The molecule has 37 heavy (non-hydrogen) atoms. The van der Waals surface area contributed by atoms with E-state index in [0.717, 1.165) is 6.07 Å². The Morgan fingerprint density at radius 2 is 2.00 bits per heavy atom. The van der Waals surface area contributed by atoms with E-state index in [2.05, 4.69) is 15.7 Å². The number of phenolic OH excluding ortho intramolecular Hbond substituents is 1. The Hall–Kier alpha value is -4.37. The molecule has 3 N–H and O–H groups in total. The predicted molar refractivity (Wildman–Crippen MR) is 125 cm³/mol. The van der Waals surface area contributed by atoms with E-state index in [0.29, 0.717) is 23.9 Å². The summed E-state index contributed by atoms with van der Waals surface area (Å²) in [4.78, 5) is 24.1. The normalized spacial score (nSPS) is 17.1. The van der Waals surface area contributed by atoms with Gasteiger partial charge in [0.25, 0.3) is 0 Å². The number of nitriles is 1. The third-order valence-electron chi connectivity index (χ3n) is 5.86. The number of aromatic hydroxyl groups is 1. The van der Waals surface area contributed by atoms with Gasteiger partial charge < -0.3 is 20.5 Å². The van der Waals surface area contributed by atoms with E-state index in [9.17, 15) is 27.9 Å². The highest BCUT2D eigenvalue weighted by atomic mass is 19.4. The number of benzene rings is 2. The Balaban J connectivity index is 1.67. The smallest absolute Gasteiger partial charge is 0.430 e. The van der Waals surface area contributed by atoms with Gasteiger partial charge in [0.05, 0.1) is 23.9 Å². The maximum absolute atomic E-state index is 13.2. The monoisotopic (exact) mass is 513 g/mol. The summed E-state index contributed by atoms with van der Waals surface area (Å²) >= 11 is 0. The van der Waals surface area contributed by atoms with Crippen LogP contribution in [0, 0.1) is 17.2 Å². The largest absolute Gasteiger partial charge is 0.508 e. The van der Waals surface area contributed by atoms with Crippen molar-refractivity contribution in [3.8, 4) is 28.8 Å². The van der Waals surface area contributed by atoms with E-state index in [1.807, 2.05) is 0 Å². The summed E-state index contributed by atoms with van der Waals surface area (Å²) in [6, 6.07) is 15.7. The summed E-state index contributed by atoms with van der Waals surface area (Å²) in [5.41, 5.74) is -1.44. The van der Waals surface area contributed by atoms with Gasteiger partial charge in [-0.25, -0.2) is 4.68 Å². The molecule has 1 aliphatic heterocycles. The summed E-state index contributed by atoms with van der Waals surface area (Å²) < 4.78 is 46.1. The highest BCUT2D eigenvalue weighted by molar-refractivity contribution is 5.97. The summed E-state index contributed by atoms with van der Waals surface area (Å²) in [5, 5.41) is 29.0. The molecule has 4 rings (SSSR count). The summed E-state index contributed by atoms with van der Waals surface area (Å²) in [5.74, 6) is -1.23. The van der Waals surface area contributed by atoms with Crippen molar-refractivity contribution in [2.75, 3.05) is 11.9 Å². The highest BCUT2D eigenvalue weighted by Gasteiger charge is 2.53. The molecule has 2 amide bonds. The number of aromatic nitrogens is 2. The molecule has 2 unspecified atom stereocenters. The molecule has 12 heteroatoms. The number of halogens is 3. The first-order valence-electron chi connectivity index (χ1n) is 11.2. The zero-order valence-corrected chi connectivity index (χ0v) is 19.5. The van der Waals surface area contributed by atoms with Gasteiger partial charge in [0.2, 0.25) is 17.4 Å². The van der Waals surface area contributed by atoms with Gasteiger partial charge in [-0.2, -0.15) is 18.4 Å². The number of carbonyl (C=O) groups excluding carboxylic acids is 2. The van der Waals surface area contributed by atoms with Crippen molar-refractivity contribution < 1.29 is 32.6 Å². The van der Waals surface area contributed by atoms with Gasteiger partial charge >= 0.3 is 6.18 Å². The number of alkyl halides is 3. The van der Waals surface area contributed by atoms with Crippen molar-refractivity contribution in [3.63, 3.8) is 0 Å². The Morgan fingerprint density at radius 3 is 2.62 bits per heavy atom. The van der Waals surface area contributed by atoms with Crippen LogP contribution in [0.25, 0.3) is 16.9 Å². The number of carbonyl (C=O) groups is 2. The zero-order valence-electron chi connectivity index (χ0n) is 19.5. The van der Waals surface area contributed by atoms with E-state index < -0.39 is 30.2 Å². The Morgan fingerprint density at radius 1 is 1.27 bits per heavy atom. The highest BCUT2D eigenvalue weighted by Crippen LogP contribution is 2.35. The second-order valence-electron chi connectivity index (χ2n) is 8.68. The fourth-order valence-corrected chi connectivity index (χ4v) is 3.74. The molecule has 1 aliphatic rings. The maximum Gasteiger partial charge on any atom is 0.430 e. The number of hydrogen-bond acceptors (Lipinski definition) is 6. The lowest BCUT2D eigenvalue weighted by Gasteiger charge is -2.25. The fourth-order valence-electron chi connectivity index (χ4n) is 3.74. The minimum absolute atomic E-state index is 0.0630. The predicted octanol–water partition coefficient (Wildman–Crippen LogP) is 3.68. The van der Waals surface area contributed by atoms with Crippen LogP contribution in [0.4, 0.5) is 19.0 Å². The Bertz CT molecular complexity index is 1370. The van der Waals surface area contributed by atoms with Gasteiger partial charge in [0.1, 0.15) is 11.8 Å². The second-order valence-corrected chi connectivity index (χ2v) is 8.68. The van der Waals surface area contributed by atoms with Gasteiger partial charge in [0.15, 0.2) is 5.82 Å². The van der Waals surface area contributed by atoms with Gasteiger partial charge in [-0.1, -0.05) is 18.2 Å². The molecule has 2 aromatic carbocycles. The lowest BCUT2D eigenvalue weighted by molar-refractivity contribution is -0.250. The van der Waals surface area contributed by atoms with Crippen LogP contribution < -0.4 is 10.6 Å². The molecule has 0 saturated carbocycles. The average molecular weight is 513 g/mol. The van der Waals surface area contributed by atoms with Gasteiger partial charge in [-0.05, 0) is 42.8 Å². The summed E-state index contributed by atoms with van der Waals surface area (Å²) in [7, 11) is 0. The van der Waals surface area contributed by atoms with Gasteiger partial charge in [0, 0.05) is 24.6 Å². The Labute approximate surface area is 209 Å². The number of rotatable bonds is 7. The van der Waals surface area contributed by atoms with Crippen molar-refractivity contribution in [3.05, 3.63) is 60.2 Å². The van der Waals surface area contributed by atoms with E-state index in [1.165, 1.54) is 22.9 Å². The number of para-hydroxylation sites is 1. The molecule has 2 atom stereocenters. The molecule has 2 heterocycles. The molecular formula is C25H22F3N5O4. The van der Waals surface area contributed by atoms with Crippen LogP contribution in [0.2, 0.25) is 0 Å². The lowest BCUT2D eigenvalue weighted by Crippen LogP contribution is -2.43. The third kappa shape index (κ3) is 5.57. The van der Waals surface area contributed by atoms with E-state index >= 15 is 0 Å². The Kier molecular flexibility index (Phi) is 6.91. The zero-order chi connectivity index (χ0) is 26.8. The van der Waals surface area contributed by atoms with Crippen LogP contribution in [-0.2, 0) is 20.9 Å². The number of ether oxygens (including phenoxy) is 1. The molecule has 1 fully saturated rings. The standard InChI is InChI=1S/C25H22F3N5O4/c1-24(14-29,25(26,27)28)37-13-15-7-16(9-19(34)8-15)20-11-21(31-23(36)17-10-22(35)30-12-17)32-33(20)18-5-3-2-4-6-18/h2-9,11,17,34H,10,12-13H2,1H3,(H,30,35)(H,31,32,36). The van der Waals surface area contributed by atoms with Gasteiger partial charge in [-0.3, -0.25) is 9.59 Å². The summed E-state index contributed by atoms with van der Waals surface area (Å²) in [6.07, 6.45) is -4.85. The van der Waals surface area contributed by atoms with Crippen LogP contribution in [-0.4, -0.2) is 45.0 Å². The minimum atomic E-state index is -4.92. The topological polar surface area (TPSA) is 129 Å². The molecule has 3 aromatic rings. The molecule has 1 aromatic heterocycles. The van der Waals surface area contributed by atoms with Crippen molar-refractivity contribution >= 4 is 17.6 Å². The van der Waals surface area contributed by atoms with Crippen LogP contribution in [0.1, 0.15) is 18.9 Å². The van der Waals surface area contributed by atoms with Crippen molar-refractivity contribution in [1.82, 2.24) is 15.1 Å². The maximum atomic E-state index is 13.2. The summed E-state index contributed by atoms with van der Waals surface area (Å²) in [6.45, 7) is 0.243. The molecule has 0 bridgehead atoms. The quantitative estimate of drug-likeness (QED) is 0.442. The molecule has 9 nitrogen and oxygen atoms in total. The van der Waals surface area contributed by atoms with Crippen molar-refractivity contribution in [1.29, 1.82) is 5.26 Å². The van der Waals surface area contributed by atoms with Crippen molar-refractivity contribution in [2.45, 2.75) is 31.7 Å². The molecule has 0 spiro atoms. The number of amides is 2. The van der Waals surface area contributed by atoms with E-state index in [1.54, 1.807) is 36.4 Å². The third-order valence-corrected chi connectivity index (χ3v) is 5.86. The molecule has 192 valence electrons. The molecular weight excluding hydrogens is 491 g/mol. The SMILES string of the molecule is CC(C#N)(OCc1cc(O)cc(-c2cc(NC(=O)C3CNC(=O)C3)nn2-c2ccccc2)c1)C(F)(F)F. The second kappa shape index (κ2) is 9.94. The fraction of sp³-hybridized carbons (Fsp3) is 0.280. The molecule has 0 aliphatic carbocycles. The van der Waals surface area contributed by atoms with E-state index in [-0.39, 0.29) is 36.0 Å². The first-order valence-corrected chi connectivity index (χ1v) is 11.2. The first kappa shape index (κ1) is 25.7. The lowest BCUT2D eigenvalue weighted by atomic mass is 10.1. The van der Waals surface area contributed by atoms with Gasteiger partial charge in [-0.15, -0.1) is 5.10 Å². The number of nitrogens with zero attached hydrogens (tertiary/aromatic N) is 3. The average Bonchev–Trinajstić information content (AvgIpc) is 3.48. The number of anilines is 1. The first-order chi connectivity index (χ1) is 17.5. The van der Waals surface area contributed by atoms with Crippen LogP contribution >= 0.6 is 0 Å². The van der Waals surface area contributed by atoms with E-state index in [4.69, 9.17) is 10.00 Å². The molecule has 0 radical (unpaired) electrons. The van der Waals surface area contributed by atoms with Crippen LogP contribution in [0.5, 0.6) is 5.75 Å². The number of phenols is 1. The number of nitrogens with one attached hydrogen (secondary N) is 2. The van der Waals surface area contributed by atoms with Crippen molar-refractivity contribution in [2.24, 2.45) is 5.92 Å².